The molecule has 0 saturated heterocycles. The summed E-state index contributed by atoms with van der Waals surface area (Å²) in [5, 5.41) is 3.94. The van der Waals surface area contributed by atoms with Crippen LogP contribution in [0.25, 0.3) is 11.0 Å². The Balaban J connectivity index is 1.58. The Hall–Kier alpha value is -2.62. The molecule has 4 rings (SSSR count). The first-order valence-corrected chi connectivity index (χ1v) is 7.51. The summed E-state index contributed by atoms with van der Waals surface area (Å²) >= 11 is 0. The van der Waals surface area contributed by atoms with Gasteiger partial charge in [-0.05, 0) is 54.7 Å². The fraction of sp³-hybridized carbons (Fsp3) is 0.222. The first-order chi connectivity index (χ1) is 10.8. The van der Waals surface area contributed by atoms with Crippen LogP contribution in [0.15, 0.2) is 47.3 Å². The van der Waals surface area contributed by atoms with E-state index in [2.05, 4.69) is 22.4 Å². The molecule has 0 fully saturated rings. The van der Waals surface area contributed by atoms with Crippen LogP contribution in [0.2, 0.25) is 0 Å². The average Bonchev–Trinajstić information content (AvgIpc) is 3.13. The van der Waals surface area contributed by atoms with Crippen LogP contribution < -0.4 is 5.32 Å². The van der Waals surface area contributed by atoms with E-state index in [4.69, 9.17) is 4.42 Å². The van der Waals surface area contributed by atoms with Crippen LogP contribution in [0.1, 0.15) is 23.1 Å². The second-order valence-electron chi connectivity index (χ2n) is 5.69. The molecule has 0 aliphatic heterocycles. The number of nitrogens with one attached hydrogen (secondary N) is 1. The lowest BCUT2D eigenvalue weighted by molar-refractivity contribution is -0.115. The van der Waals surface area contributed by atoms with Crippen molar-refractivity contribution in [1.29, 1.82) is 0 Å². The van der Waals surface area contributed by atoms with E-state index in [0.717, 1.165) is 35.1 Å². The minimum atomic E-state index is -0.0469. The van der Waals surface area contributed by atoms with Crippen LogP contribution in [0.5, 0.6) is 0 Å². The number of amides is 1. The molecular formula is C18H16N2O2. The van der Waals surface area contributed by atoms with Crippen molar-refractivity contribution in [3.63, 3.8) is 0 Å². The van der Waals surface area contributed by atoms with Gasteiger partial charge in [-0.1, -0.05) is 0 Å². The van der Waals surface area contributed by atoms with Crippen LogP contribution in [-0.4, -0.2) is 10.9 Å². The molecule has 4 nitrogen and oxygen atoms in total. The van der Waals surface area contributed by atoms with Gasteiger partial charge in [-0.2, -0.15) is 0 Å². The number of nitrogens with zero attached hydrogens (tertiary/aromatic N) is 1. The quantitative estimate of drug-likeness (QED) is 0.804. The van der Waals surface area contributed by atoms with Gasteiger partial charge in [-0.3, -0.25) is 9.78 Å². The zero-order chi connectivity index (χ0) is 14.9. The van der Waals surface area contributed by atoms with E-state index >= 15 is 0 Å². The molecule has 0 atom stereocenters. The predicted molar refractivity (Wildman–Crippen MR) is 84.8 cm³/mol. The molecule has 0 bridgehead atoms. The molecule has 1 aliphatic rings. The third-order valence-corrected chi connectivity index (χ3v) is 4.18. The van der Waals surface area contributed by atoms with Gasteiger partial charge in [0.1, 0.15) is 5.58 Å². The SMILES string of the molecule is O=C(Cc1coc2cc3c(cc12)CCC3)Nc1ccncc1. The summed E-state index contributed by atoms with van der Waals surface area (Å²) in [6.45, 7) is 0. The first-order valence-electron chi connectivity index (χ1n) is 7.51. The number of benzene rings is 1. The molecule has 22 heavy (non-hydrogen) atoms. The number of pyridine rings is 1. The topological polar surface area (TPSA) is 55.1 Å². The Morgan fingerprint density at radius 2 is 1.95 bits per heavy atom. The van der Waals surface area contributed by atoms with Crippen LogP contribution >= 0.6 is 0 Å². The lowest BCUT2D eigenvalue weighted by Gasteiger charge is -2.04. The molecule has 1 aromatic carbocycles. The van der Waals surface area contributed by atoms with Crippen LogP contribution in [0.3, 0.4) is 0 Å². The van der Waals surface area contributed by atoms with E-state index in [-0.39, 0.29) is 5.91 Å². The van der Waals surface area contributed by atoms with Crippen molar-refractivity contribution in [2.75, 3.05) is 5.32 Å². The molecule has 1 aliphatic carbocycles. The van der Waals surface area contributed by atoms with Gasteiger partial charge < -0.3 is 9.73 Å². The van der Waals surface area contributed by atoms with E-state index in [1.807, 2.05) is 0 Å². The Morgan fingerprint density at radius 1 is 1.18 bits per heavy atom. The zero-order valence-electron chi connectivity index (χ0n) is 12.1. The van der Waals surface area contributed by atoms with Crippen molar-refractivity contribution in [1.82, 2.24) is 4.98 Å². The maximum Gasteiger partial charge on any atom is 0.228 e. The lowest BCUT2D eigenvalue weighted by atomic mass is 10.0. The van der Waals surface area contributed by atoms with Crippen molar-refractivity contribution in [2.45, 2.75) is 25.7 Å². The van der Waals surface area contributed by atoms with Crippen LogP contribution in [0, 0.1) is 0 Å². The molecule has 2 aromatic heterocycles. The molecule has 3 aromatic rings. The molecule has 0 unspecified atom stereocenters. The summed E-state index contributed by atoms with van der Waals surface area (Å²) in [6, 6.07) is 7.87. The highest BCUT2D eigenvalue weighted by molar-refractivity contribution is 5.95. The lowest BCUT2D eigenvalue weighted by Crippen LogP contribution is -2.14. The number of aromatic nitrogens is 1. The van der Waals surface area contributed by atoms with Gasteiger partial charge in [-0.25, -0.2) is 0 Å². The summed E-state index contributed by atoms with van der Waals surface area (Å²) in [7, 11) is 0. The van der Waals surface area contributed by atoms with Gasteiger partial charge in [0.25, 0.3) is 0 Å². The highest BCUT2D eigenvalue weighted by Gasteiger charge is 2.16. The van der Waals surface area contributed by atoms with Gasteiger partial charge in [0, 0.05) is 29.0 Å². The second kappa shape index (κ2) is 5.30. The molecule has 0 saturated carbocycles. The maximum absolute atomic E-state index is 12.2. The molecule has 0 spiro atoms. The summed E-state index contributed by atoms with van der Waals surface area (Å²) in [5.41, 5.74) is 5.36. The molecule has 4 heteroatoms. The highest BCUT2D eigenvalue weighted by atomic mass is 16.3. The predicted octanol–water partition coefficient (Wildman–Crippen LogP) is 3.50. The molecule has 110 valence electrons. The number of furan rings is 1. The number of hydrogen-bond donors (Lipinski definition) is 1. The minimum Gasteiger partial charge on any atom is -0.464 e. The number of fused-ring (bicyclic) bond motifs is 2. The Morgan fingerprint density at radius 3 is 2.77 bits per heavy atom. The van der Waals surface area contributed by atoms with E-state index < -0.39 is 0 Å². The molecule has 1 amide bonds. The normalized spacial score (nSPS) is 13.3. The van der Waals surface area contributed by atoms with E-state index in [1.165, 1.54) is 17.5 Å². The standard InChI is InChI=1S/C18H16N2O2/c21-18(20-15-4-6-19-7-5-15)10-14-11-22-17-9-13-3-1-2-12(13)8-16(14)17/h4-9,11H,1-3,10H2,(H,19,20,21). The summed E-state index contributed by atoms with van der Waals surface area (Å²) in [5.74, 6) is -0.0469. The van der Waals surface area contributed by atoms with Crippen molar-refractivity contribution in [3.8, 4) is 0 Å². The van der Waals surface area contributed by atoms with Gasteiger partial charge in [-0.15, -0.1) is 0 Å². The van der Waals surface area contributed by atoms with E-state index in [0.29, 0.717) is 6.42 Å². The molecule has 0 radical (unpaired) electrons. The van der Waals surface area contributed by atoms with Crippen molar-refractivity contribution in [2.24, 2.45) is 0 Å². The zero-order valence-corrected chi connectivity index (χ0v) is 12.1. The Labute approximate surface area is 128 Å². The number of carbonyl (C=O) groups is 1. The summed E-state index contributed by atoms with van der Waals surface area (Å²) < 4.78 is 5.64. The summed E-state index contributed by atoms with van der Waals surface area (Å²) in [4.78, 5) is 16.1. The highest BCUT2D eigenvalue weighted by Crippen LogP contribution is 2.30. The summed E-state index contributed by atoms with van der Waals surface area (Å²) in [6.07, 6.45) is 8.79. The van der Waals surface area contributed by atoms with Crippen molar-refractivity contribution < 1.29 is 9.21 Å². The third-order valence-electron chi connectivity index (χ3n) is 4.18. The smallest absolute Gasteiger partial charge is 0.228 e. The van der Waals surface area contributed by atoms with E-state index in [9.17, 15) is 4.79 Å². The fourth-order valence-corrected chi connectivity index (χ4v) is 3.10. The number of carbonyl (C=O) groups excluding carboxylic acids is 1. The van der Waals surface area contributed by atoms with E-state index in [1.54, 1.807) is 30.8 Å². The fourth-order valence-electron chi connectivity index (χ4n) is 3.10. The van der Waals surface area contributed by atoms with Crippen LogP contribution in [0.4, 0.5) is 5.69 Å². The largest absolute Gasteiger partial charge is 0.464 e. The Kier molecular flexibility index (Phi) is 3.15. The number of anilines is 1. The number of aryl methyl sites for hydroxylation is 2. The second-order valence-corrected chi connectivity index (χ2v) is 5.69. The number of rotatable bonds is 3. The molecule has 1 N–H and O–H groups in total. The monoisotopic (exact) mass is 292 g/mol. The van der Waals surface area contributed by atoms with Gasteiger partial charge in [0.05, 0.1) is 12.7 Å². The van der Waals surface area contributed by atoms with Crippen LogP contribution in [-0.2, 0) is 24.1 Å². The minimum absolute atomic E-state index is 0.0469. The van der Waals surface area contributed by atoms with Gasteiger partial charge in [0.15, 0.2) is 0 Å². The van der Waals surface area contributed by atoms with Gasteiger partial charge in [0.2, 0.25) is 5.91 Å². The third kappa shape index (κ3) is 2.37. The van der Waals surface area contributed by atoms with Gasteiger partial charge >= 0.3 is 0 Å². The molecular weight excluding hydrogens is 276 g/mol. The van der Waals surface area contributed by atoms with Crippen molar-refractivity contribution in [3.05, 3.63) is 59.6 Å². The number of hydrogen-bond acceptors (Lipinski definition) is 3. The van der Waals surface area contributed by atoms with Crippen molar-refractivity contribution >= 4 is 22.6 Å². The Bertz CT molecular complexity index is 837. The maximum atomic E-state index is 12.2. The first kappa shape index (κ1) is 13.1. The molecule has 2 heterocycles. The average molecular weight is 292 g/mol.